The Morgan fingerprint density at radius 2 is 1.86 bits per heavy atom. The van der Waals surface area contributed by atoms with E-state index in [9.17, 15) is 18.0 Å². The van der Waals surface area contributed by atoms with Crippen LogP contribution in [-0.4, -0.2) is 62.7 Å². The molecule has 37 heavy (non-hydrogen) atoms. The molecule has 0 fully saturated rings. The van der Waals surface area contributed by atoms with Crippen LogP contribution >= 0.6 is 0 Å². The van der Waals surface area contributed by atoms with Gasteiger partial charge in [-0.1, -0.05) is 32.0 Å². The predicted molar refractivity (Wildman–Crippen MR) is 139 cm³/mol. The maximum atomic E-state index is 12.4. The van der Waals surface area contributed by atoms with Gasteiger partial charge < -0.3 is 30.5 Å². The summed E-state index contributed by atoms with van der Waals surface area (Å²) in [5.41, 5.74) is 9.12. The number of nitrogens with one attached hydrogen (secondary N) is 1. The van der Waals surface area contributed by atoms with E-state index < -0.39 is 18.7 Å². The van der Waals surface area contributed by atoms with Gasteiger partial charge in [0, 0.05) is 32.3 Å². The molecule has 1 unspecified atom stereocenters. The molecular weight excluding hydrogens is 487 g/mol. The maximum Gasteiger partial charge on any atom is 0.422 e. The molecule has 0 bridgehead atoms. The molecular formula is C27H38F3N3O4. The minimum atomic E-state index is -4.42. The third kappa shape index (κ3) is 9.44. The lowest BCUT2D eigenvalue weighted by atomic mass is 9.98. The van der Waals surface area contributed by atoms with E-state index in [1.54, 1.807) is 18.2 Å². The maximum absolute atomic E-state index is 12.4. The van der Waals surface area contributed by atoms with Crippen LogP contribution in [-0.2, 0) is 12.8 Å². The number of halogens is 3. The standard InChI is InChI=1S/C25H32F3N3O4.C2H6/c1-17(30-8-12-34-21-5-2-3-6-22(21)35-16-25(26,27)28)13-18-14-19-7-10-31(9-4-11-32)23(19)20(15-18)24(29)33;1-2/h2-3,5-6,14-15,17,30,32H,4,7-13,16H2,1H3,(H2,29,33);1-2H3. The van der Waals surface area contributed by atoms with Crippen molar-refractivity contribution in [2.24, 2.45) is 5.73 Å². The highest BCUT2D eigenvalue weighted by Gasteiger charge is 2.29. The van der Waals surface area contributed by atoms with Crippen molar-refractivity contribution in [1.82, 2.24) is 5.32 Å². The fraction of sp³-hybridized carbons (Fsp3) is 0.519. The van der Waals surface area contributed by atoms with Gasteiger partial charge in [0.15, 0.2) is 18.1 Å². The van der Waals surface area contributed by atoms with Crippen molar-refractivity contribution in [3.8, 4) is 11.5 Å². The van der Waals surface area contributed by atoms with E-state index in [2.05, 4.69) is 16.3 Å². The first-order valence-electron chi connectivity index (χ1n) is 12.6. The zero-order valence-corrected chi connectivity index (χ0v) is 21.7. The molecule has 2 aromatic rings. The molecule has 1 atom stereocenters. The normalized spacial score (nSPS) is 13.4. The second-order valence-electron chi connectivity index (χ2n) is 8.59. The van der Waals surface area contributed by atoms with Crippen molar-refractivity contribution in [1.29, 1.82) is 0 Å². The molecule has 0 spiro atoms. The number of anilines is 1. The summed E-state index contributed by atoms with van der Waals surface area (Å²) in [4.78, 5) is 14.2. The highest BCUT2D eigenvalue weighted by molar-refractivity contribution is 6.00. The number of carbonyl (C=O) groups is 1. The van der Waals surface area contributed by atoms with Gasteiger partial charge in [-0.15, -0.1) is 0 Å². The minimum Gasteiger partial charge on any atom is -0.488 e. The van der Waals surface area contributed by atoms with Crippen LogP contribution in [0.4, 0.5) is 18.9 Å². The zero-order valence-electron chi connectivity index (χ0n) is 21.7. The molecule has 0 saturated heterocycles. The van der Waals surface area contributed by atoms with Gasteiger partial charge in [0.25, 0.3) is 5.91 Å². The fourth-order valence-electron chi connectivity index (χ4n) is 4.22. The molecule has 0 radical (unpaired) electrons. The van der Waals surface area contributed by atoms with Gasteiger partial charge in [-0.25, -0.2) is 0 Å². The Morgan fingerprint density at radius 1 is 1.19 bits per heavy atom. The number of amides is 1. The number of aliphatic hydroxyl groups is 1. The lowest BCUT2D eigenvalue weighted by Crippen LogP contribution is -2.32. The number of carbonyl (C=O) groups excluding carboxylic acids is 1. The molecule has 1 aliphatic heterocycles. The second kappa shape index (κ2) is 14.7. The highest BCUT2D eigenvalue weighted by Crippen LogP contribution is 2.33. The lowest BCUT2D eigenvalue weighted by molar-refractivity contribution is -0.153. The number of rotatable bonds is 13. The van der Waals surface area contributed by atoms with Crippen molar-refractivity contribution in [2.45, 2.75) is 52.3 Å². The van der Waals surface area contributed by atoms with Crippen molar-refractivity contribution in [2.75, 3.05) is 44.4 Å². The Kier molecular flexibility index (Phi) is 12.0. The molecule has 1 heterocycles. The van der Waals surface area contributed by atoms with E-state index in [1.807, 2.05) is 26.8 Å². The quantitative estimate of drug-likeness (QED) is 0.341. The number of primary amides is 1. The molecule has 10 heteroatoms. The number of fused-ring (bicyclic) bond motifs is 1. The average Bonchev–Trinajstić information content (AvgIpc) is 3.27. The van der Waals surface area contributed by atoms with Gasteiger partial charge in [0.05, 0.1) is 11.3 Å². The SMILES string of the molecule is CC.CC(Cc1cc2c(c(C(N)=O)c1)N(CCCO)CC2)NCCOc1ccccc1OCC(F)(F)F. The summed E-state index contributed by atoms with van der Waals surface area (Å²) in [6.45, 7) is 6.89. The summed E-state index contributed by atoms with van der Waals surface area (Å²) in [7, 11) is 0. The molecule has 1 amide bonds. The van der Waals surface area contributed by atoms with Gasteiger partial charge in [0.2, 0.25) is 0 Å². The summed E-state index contributed by atoms with van der Waals surface area (Å²) in [5, 5.41) is 12.5. The molecule has 2 aromatic carbocycles. The summed E-state index contributed by atoms with van der Waals surface area (Å²) in [6, 6.07) is 10.2. The van der Waals surface area contributed by atoms with Gasteiger partial charge in [-0.3, -0.25) is 4.79 Å². The van der Waals surface area contributed by atoms with Crippen molar-refractivity contribution >= 4 is 11.6 Å². The molecule has 1 aliphatic rings. The van der Waals surface area contributed by atoms with Gasteiger partial charge in [0.1, 0.15) is 6.61 Å². The topological polar surface area (TPSA) is 97.1 Å². The lowest BCUT2D eigenvalue weighted by Gasteiger charge is -2.22. The number of hydrogen-bond donors (Lipinski definition) is 3. The van der Waals surface area contributed by atoms with Crippen LogP contribution in [0.15, 0.2) is 36.4 Å². The van der Waals surface area contributed by atoms with Crippen LogP contribution in [0.25, 0.3) is 0 Å². The number of nitrogens with zero attached hydrogens (tertiary/aromatic N) is 1. The first-order valence-corrected chi connectivity index (χ1v) is 12.6. The Morgan fingerprint density at radius 3 is 2.49 bits per heavy atom. The third-order valence-corrected chi connectivity index (χ3v) is 5.70. The summed E-state index contributed by atoms with van der Waals surface area (Å²) < 4.78 is 47.8. The summed E-state index contributed by atoms with van der Waals surface area (Å²) in [5.74, 6) is -0.177. The zero-order chi connectivity index (χ0) is 27.4. The molecule has 3 rings (SSSR count). The van der Waals surface area contributed by atoms with E-state index in [0.717, 1.165) is 29.8 Å². The van der Waals surface area contributed by atoms with Gasteiger partial charge in [-0.2, -0.15) is 13.2 Å². The van der Waals surface area contributed by atoms with Crippen LogP contribution in [0, 0.1) is 0 Å². The van der Waals surface area contributed by atoms with E-state index in [4.69, 9.17) is 20.3 Å². The number of alkyl halides is 3. The van der Waals surface area contributed by atoms with Crippen molar-refractivity contribution in [3.05, 3.63) is 53.1 Å². The largest absolute Gasteiger partial charge is 0.488 e. The molecule has 0 aromatic heterocycles. The highest BCUT2D eigenvalue weighted by atomic mass is 19.4. The monoisotopic (exact) mass is 525 g/mol. The van der Waals surface area contributed by atoms with E-state index in [0.29, 0.717) is 31.5 Å². The first kappa shape index (κ1) is 30.2. The van der Waals surface area contributed by atoms with Gasteiger partial charge in [-0.05, 0) is 55.5 Å². The summed E-state index contributed by atoms with van der Waals surface area (Å²) in [6.07, 6.45) is -2.31. The number of hydrogen-bond acceptors (Lipinski definition) is 6. The Balaban J connectivity index is 0.00000235. The Hall–Kier alpha value is -2.98. The molecule has 0 saturated carbocycles. The van der Waals surface area contributed by atoms with Crippen molar-refractivity contribution < 1.29 is 32.5 Å². The number of nitrogens with two attached hydrogens (primary N) is 1. The smallest absolute Gasteiger partial charge is 0.422 e. The van der Waals surface area contributed by atoms with Crippen LogP contribution in [0.2, 0.25) is 0 Å². The summed E-state index contributed by atoms with van der Waals surface area (Å²) >= 11 is 0. The van der Waals surface area contributed by atoms with Gasteiger partial charge >= 0.3 is 6.18 Å². The Labute approximate surface area is 216 Å². The Bertz CT molecular complexity index is 1000. The molecule has 4 N–H and O–H groups in total. The van der Waals surface area contributed by atoms with E-state index in [-0.39, 0.29) is 30.8 Å². The second-order valence-corrected chi connectivity index (χ2v) is 8.59. The predicted octanol–water partition coefficient (Wildman–Crippen LogP) is 4.10. The van der Waals surface area contributed by atoms with Crippen LogP contribution < -0.4 is 25.4 Å². The number of aliphatic hydroxyl groups excluding tert-OH is 1. The van der Waals surface area contributed by atoms with E-state index >= 15 is 0 Å². The fourth-order valence-corrected chi connectivity index (χ4v) is 4.22. The molecule has 206 valence electrons. The number of benzene rings is 2. The average molecular weight is 526 g/mol. The number of ether oxygens (including phenoxy) is 2. The molecule has 0 aliphatic carbocycles. The van der Waals surface area contributed by atoms with Crippen LogP contribution in [0.1, 0.15) is 48.7 Å². The third-order valence-electron chi connectivity index (χ3n) is 5.70. The number of para-hydroxylation sites is 2. The van der Waals surface area contributed by atoms with Crippen LogP contribution in [0.3, 0.4) is 0 Å². The molecule has 7 nitrogen and oxygen atoms in total. The van der Waals surface area contributed by atoms with E-state index in [1.165, 1.54) is 6.07 Å². The van der Waals surface area contributed by atoms with Crippen molar-refractivity contribution in [3.63, 3.8) is 0 Å². The minimum absolute atomic E-state index is 0.0445. The first-order chi connectivity index (χ1) is 17.7. The van der Waals surface area contributed by atoms with Crippen LogP contribution in [0.5, 0.6) is 11.5 Å².